The summed E-state index contributed by atoms with van der Waals surface area (Å²) in [7, 11) is -2.36. The van der Waals surface area contributed by atoms with E-state index in [0.29, 0.717) is 18.7 Å². The van der Waals surface area contributed by atoms with E-state index < -0.39 is 20.9 Å². The number of hydrogen-bond donors (Lipinski definition) is 0. The summed E-state index contributed by atoms with van der Waals surface area (Å²) in [5.74, 6) is -0.549. The van der Waals surface area contributed by atoms with Crippen molar-refractivity contribution >= 4 is 21.7 Å². The van der Waals surface area contributed by atoms with Crippen LogP contribution in [0.3, 0.4) is 0 Å². The zero-order valence-corrected chi connectivity index (χ0v) is 18.0. The van der Waals surface area contributed by atoms with Crippen LogP contribution in [0.5, 0.6) is 5.75 Å². The Bertz CT molecular complexity index is 1040. The lowest BCUT2D eigenvalue weighted by Crippen LogP contribution is -2.32. The van der Waals surface area contributed by atoms with Gasteiger partial charge < -0.3 is 9.47 Å². The van der Waals surface area contributed by atoms with Gasteiger partial charge >= 0.3 is 5.97 Å². The Morgan fingerprint density at radius 3 is 2.29 bits per heavy atom. The second kappa shape index (κ2) is 9.88. The van der Waals surface area contributed by atoms with Crippen LogP contribution >= 0.6 is 0 Å². The van der Waals surface area contributed by atoms with Gasteiger partial charge in [-0.05, 0) is 48.7 Å². The van der Waals surface area contributed by atoms with Gasteiger partial charge in [-0.25, -0.2) is 13.2 Å². The van der Waals surface area contributed by atoms with E-state index in [2.05, 4.69) is 0 Å². The molecule has 1 heterocycles. The minimum atomic E-state index is -3.74. The molecule has 2 aromatic carbocycles. The molecule has 2 aromatic rings. The maximum Gasteiger partial charge on any atom is 0.342 e. The third kappa shape index (κ3) is 5.39. The van der Waals surface area contributed by atoms with E-state index in [1.165, 1.54) is 53.9 Å². The summed E-state index contributed by atoms with van der Waals surface area (Å²) in [4.78, 5) is 22.9. The Kier molecular flexibility index (Phi) is 7.24. The largest absolute Gasteiger partial charge is 0.496 e. The molecule has 1 aliphatic rings. The molecule has 0 N–H and O–H groups in total. The second-order valence-corrected chi connectivity index (χ2v) is 9.12. The Morgan fingerprint density at radius 1 is 1.06 bits per heavy atom. The Labute approximate surface area is 180 Å². The van der Waals surface area contributed by atoms with Crippen LogP contribution in [0.4, 0.5) is 5.69 Å². The molecule has 1 fully saturated rings. The number of carbonyl (C=O) groups is 1. The molecule has 0 spiro atoms. The fraction of sp³-hybridized carbons (Fsp3) is 0.381. The number of non-ortho nitro benzene ring substituents is 1. The van der Waals surface area contributed by atoms with Gasteiger partial charge in [0.05, 0.1) is 16.9 Å². The maximum atomic E-state index is 13.1. The van der Waals surface area contributed by atoms with E-state index in [9.17, 15) is 23.3 Å². The lowest BCUT2D eigenvalue weighted by atomic mass is 10.2. The first-order valence-electron chi connectivity index (χ1n) is 9.91. The van der Waals surface area contributed by atoms with E-state index in [1.807, 2.05) is 0 Å². The molecular formula is C21H24N2O7S. The number of carbonyl (C=O) groups excluding carboxylic acids is 1. The van der Waals surface area contributed by atoms with Crippen LogP contribution in [-0.4, -0.2) is 43.8 Å². The fourth-order valence-corrected chi connectivity index (χ4v) is 4.92. The lowest BCUT2D eigenvalue weighted by Gasteiger charge is -2.20. The molecule has 9 nitrogen and oxygen atoms in total. The molecule has 1 aliphatic heterocycles. The highest BCUT2D eigenvalue weighted by Crippen LogP contribution is 2.27. The number of sulfonamides is 1. The summed E-state index contributed by atoms with van der Waals surface area (Å²) in [6.45, 7) is 0.783. The van der Waals surface area contributed by atoms with Crippen LogP contribution < -0.4 is 4.74 Å². The van der Waals surface area contributed by atoms with Crippen LogP contribution in [0.25, 0.3) is 0 Å². The smallest absolute Gasteiger partial charge is 0.342 e. The number of nitro groups is 1. The Morgan fingerprint density at radius 2 is 1.71 bits per heavy atom. The van der Waals surface area contributed by atoms with Crippen LogP contribution in [-0.2, 0) is 21.4 Å². The molecule has 166 valence electrons. The normalized spacial score (nSPS) is 15.1. The van der Waals surface area contributed by atoms with Crippen LogP contribution in [0.15, 0.2) is 47.4 Å². The average molecular weight is 448 g/mol. The molecule has 31 heavy (non-hydrogen) atoms. The van der Waals surface area contributed by atoms with Gasteiger partial charge in [-0.1, -0.05) is 12.8 Å². The minimum absolute atomic E-state index is 0.000286. The summed E-state index contributed by atoms with van der Waals surface area (Å²) in [6, 6.07) is 9.75. The second-order valence-electron chi connectivity index (χ2n) is 7.18. The first-order chi connectivity index (χ1) is 14.8. The number of methoxy groups -OCH3 is 1. The number of rotatable bonds is 7. The highest BCUT2D eigenvalue weighted by atomic mass is 32.2. The molecule has 0 radical (unpaired) electrons. The van der Waals surface area contributed by atoms with Crippen molar-refractivity contribution in [2.24, 2.45) is 0 Å². The number of hydrogen-bond acceptors (Lipinski definition) is 7. The first-order valence-corrected chi connectivity index (χ1v) is 11.4. The molecule has 0 aromatic heterocycles. The van der Waals surface area contributed by atoms with Crippen molar-refractivity contribution in [3.05, 3.63) is 63.7 Å². The van der Waals surface area contributed by atoms with Crippen molar-refractivity contribution in [2.45, 2.75) is 37.2 Å². The number of nitrogens with zero attached hydrogens (tertiary/aromatic N) is 2. The summed E-state index contributed by atoms with van der Waals surface area (Å²) in [5.41, 5.74) is 0.495. The molecule has 0 saturated carbocycles. The predicted molar refractivity (Wildman–Crippen MR) is 112 cm³/mol. The number of benzene rings is 2. The lowest BCUT2D eigenvalue weighted by molar-refractivity contribution is -0.384. The highest BCUT2D eigenvalue weighted by Gasteiger charge is 2.27. The molecule has 10 heteroatoms. The van der Waals surface area contributed by atoms with E-state index >= 15 is 0 Å². The summed E-state index contributed by atoms with van der Waals surface area (Å²) in [5, 5.41) is 10.7. The number of ether oxygens (including phenoxy) is 2. The first kappa shape index (κ1) is 22.7. The molecule has 0 bridgehead atoms. The van der Waals surface area contributed by atoms with Crippen molar-refractivity contribution in [1.29, 1.82) is 0 Å². The predicted octanol–water partition coefficient (Wildman–Crippen LogP) is 3.53. The quantitative estimate of drug-likeness (QED) is 0.361. The molecule has 1 saturated heterocycles. The SMILES string of the molecule is COc1ccc(S(=O)(=O)N2CCCCCC2)cc1C(=O)OCc1ccc([N+](=O)[O-])cc1. The van der Waals surface area contributed by atoms with Crippen molar-refractivity contribution < 1.29 is 27.6 Å². The molecular weight excluding hydrogens is 424 g/mol. The minimum Gasteiger partial charge on any atom is -0.496 e. The summed E-state index contributed by atoms with van der Waals surface area (Å²) >= 11 is 0. The van der Waals surface area contributed by atoms with Crippen molar-refractivity contribution in [2.75, 3.05) is 20.2 Å². The Hall–Kier alpha value is -2.98. The van der Waals surface area contributed by atoms with E-state index in [-0.39, 0.29) is 28.5 Å². The monoisotopic (exact) mass is 448 g/mol. The van der Waals surface area contributed by atoms with E-state index in [4.69, 9.17) is 9.47 Å². The van der Waals surface area contributed by atoms with Gasteiger partial charge in [0.2, 0.25) is 10.0 Å². The zero-order valence-electron chi connectivity index (χ0n) is 17.2. The Balaban J connectivity index is 1.79. The van der Waals surface area contributed by atoms with Gasteiger partial charge in [-0.2, -0.15) is 4.31 Å². The maximum absolute atomic E-state index is 13.1. The summed E-state index contributed by atoms with van der Waals surface area (Å²) in [6.07, 6.45) is 3.60. The zero-order chi connectivity index (χ0) is 22.4. The third-order valence-corrected chi connectivity index (χ3v) is 7.01. The molecule has 3 rings (SSSR count). The molecule has 0 amide bonds. The van der Waals surface area contributed by atoms with Crippen LogP contribution in [0.1, 0.15) is 41.6 Å². The number of nitro benzene ring substituents is 1. The molecule has 0 atom stereocenters. The van der Waals surface area contributed by atoms with Gasteiger partial charge in [-0.15, -0.1) is 0 Å². The third-order valence-electron chi connectivity index (χ3n) is 5.11. The number of esters is 1. The van der Waals surface area contributed by atoms with Gasteiger partial charge in [0.15, 0.2) is 0 Å². The molecule has 0 unspecified atom stereocenters. The van der Waals surface area contributed by atoms with Crippen LogP contribution in [0, 0.1) is 10.1 Å². The van der Waals surface area contributed by atoms with Gasteiger partial charge in [0.1, 0.15) is 17.9 Å². The van der Waals surface area contributed by atoms with Crippen molar-refractivity contribution in [1.82, 2.24) is 4.31 Å². The molecule has 0 aliphatic carbocycles. The fourth-order valence-electron chi connectivity index (χ4n) is 3.38. The topological polar surface area (TPSA) is 116 Å². The van der Waals surface area contributed by atoms with Crippen molar-refractivity contribution in [3.8, 4) is 5.75 Å². The van der Waals surface area contributed by atoms with Gasteiger partial charge in [-0.3, -0.25) is 10.1 Å². The van der Waals surface area contributed by atoms with Crippen LogP contribution in [0.2, 0.25) is 0 Å². The standard InChI is InChI=1S/C21H24N2O7S/c1-29-20-11-10-18(31(27,28)22-12-4-2-3-5-13-22)14-19(20)21(24)30-15-16-6-8-17(9-7-16)23(25)26/h6-11,14H,2-5,12-13,15H2,1H3. The van der Waals surface area contributed by atoms with Gasteiger partial charge in [0, 0.05) is 25.2 Å². The highest BCUT2D eigenvalue weighted by molar-refractivity contribution is 7.89. The van der Waals surface area contributed by atoms with E-state index in [1.54, 1.807) is 0 Å². The average Bonchev–Trinajstić information content (AvgIpc) is 3.07. The van der Waals surface area contributed by atoms with E-state index in [0.717, 1.165) is 25.7 Å². The van der Waals surface area contributed by atoms with Gasteiger partial charge in [0.25, 0.3) is 5.69 Å². The van der Waals surface area contributed by atoms with Crippen molar-refractivity contribution in [3.63, 3.8) is 0 Å². The summed E-state index contributed by atoms with van der Waals surface area (Å²) < 4.78 is 38.1.